The highest BCUT2D eigenvalue weighted by Gasteiger charge is 2.03. The van der Waals surface area contributed by atoms with Crippen LogP contribution in [0.15, 0.2) is 35.3 Å². The van der Waals surface area contributed by atoms with E-state index in [0.717, 1.165) is 18.7 Å². The Balaban J connectivity index is 2.24. The summed E-state index contributed by atoms with van der Waals surface area (Å²) in [4.78, 5) is 15.8. The van der Waals surface area contributed by atoms with E-state index in [4.69, 9.17) is 0 Å². The highest BCUT2D eigenvalue weighted by atomic mass is 16.1. The van der Waals surface area contributed by atoms with Crippen molar-refractivity contribution in [2.24, 2.45) is 4.99 Å². The van der Waals surface area contributed by atoms with Crippen molar-refractivity contribution in [3.8, 4) is 0 Å². The molecule has 0 aliphatic rings. The van der Waals surface area contributed by atoms with E-state index in [1.807, 2.05) is 30.3 Å². The second-order valence-electron chi connectivity index (χ2n) is 4.47. The first-order valence-corrected chi connectivity index (χ1v) is 7.05. The van der Waals surface area contributed by atoms with Gasteiger partial charge in [-0.25, -0.2) is 0 Å². The molecule has 0 saturated heterocycles. The number of nitrogens with one attached hydrogen (secondary N) is 3. The van der Waals surface area contributed by atoms with E-state index in [2.05, 4.69) is 27.9 Å². The van der Waals surface area contributed by atoms with Crippen molar-refractivity contribution in [2.75, 3.05) is 25.5 Å². The maximum atomic E-state index is 11.8. The minimum Gasteiger partial charge on any atom is -0.356 e. The molecule has 0 radical (unpaired) electrons. The molecule has 0 aliphatic carbocycles. The molecule has 5 nitrogen and oxygen atoms in total. The minimum absolute atomic E-state index is 0.0901. The molecule has 0 bridgehead atoms. The van der Waals surface area contributed by atoms with E-state index in [1.165, 1.54) is 12.8 Å². The zero-order valence-corrected chi connectivity index (χ0v) is 12.3. The van der Waals surface area contributed by atoms with Gasteiger partial charge in [-0.2, -0.15) is 0 Å². The second kappa shape index (κ2) is 9.83. The summed E-state index contributed by atoms with van der Waals surface area (Å²) in [5, 5.41) is 8.99. The first-order valence-electron chi connectivity index (χ1n) is 7.05. The number of nitrogens with zero attached hydrogens (tertiary/aromatic N) is 1. The van der Waals surface area contributed by atoms with Crippen LogP contribution >= 0.6 is 0 Å². The van der Waals surface area contributed by atoms with Crippen LogP contribution in [-0.4, -0.2) is 32.0 Å². The van der Waals surface area contributed by atoms with Gasteiger partial charge in [0.2, 0.25) is 5.91 Å². The molecule has 1 rings (SSSR count). The molecular weight excluding hydrogens is 252 g/mol. The van der Waals surface area contributed by atoms with Gasteiger partial charge in [-0.1, -0.05) is 38.0 Å². The standard InChI is InChI=1S/C15H24N4O/c1-3-4-8-11-17-15(16-2)18-12-14(20)19-13-9-6-5-7-10-13/h5-7,9-10H,3-4,8,11-12H2,1-2H3,(H,19,20)(H2,16,17,18). The topological polar surface area (TPSA) is 65.5 Å². The molecule has 1 aromatic carbocycles. The van der Waals surface area contributed by atoms with Crippen molar-refractivity contribution in [1.29, 1.82) is 0 Å². The maximum absolute atomic E-state index is 11.8. The number of hydrogen-bond donors (Lipinski definition) is 3. The van der Waals surface area contributed by atoms with E-state index in [9.17, 15) is 4.79 Å². The number of guanidine groups is 1. The maximum Gasteiger partial charge on any atom is 0.243 e. The predicted octanol–water partition coefficient (Wildman–Crippen LogP) is 1.98. The van der Waals surface area contributed by atoms with Gasteiger partial charge in [0.05, 0.1) is 6.54 Å². The molecule has 0 heterocycles. The average Bonchev–Trinajstić information content (AvgIpc) is 2.47. The molecule has 1 aromatic rings. The van der Waals surface area contributed by atoms with Crippen LogP contribution in [0.25, 0.3) is 0 Å². The highest BCUT2D eigenvalue weighted by molar-refractivity contribution is 5.94. The fourth-order valence-corrected chi connectivity index (χ4v) is 1.69. The Morgan fingerprint density at radius 3 is 2.55 bits per heavy atom. The van der Waals surface area contributed by atoms with E-state index in [0.29, 0.717) is 5.96 Å². The Kier molecular flexibility index (Phi) is 7.87. The SMILES string of the molecule is CCCCCNC(=NC)NCC(=O)Nc1ccccc1. The first-order chi connectivity index (χ1) is 9.76. The van der Waals surface area contributed by atoms with Crippen LogP contribution in [0.3, 0.4) is 0 Å². The van der Waals surface area contributed by atoms with Crippen LogP contribution in [0.1, 0.15) is 26.2 Å². The third-order valence-electron chi connectivity index (χ3n) is 2.77. The van der Waals surface area contributed by atoms with Gasteiger partial charge in [-0.15, -0.1) is 0 Å². The van der Waals surface area contributed by atoms with Crippen molar-refractivity contribution in [3.63, 3.8) is 0 Å². The molecule has 0 unspecified atom stereocenters. The number of benzene rings is 1. The molecule has 0 aromatic heterocycles. The molecule has 0 saturated carbocycles. The van der Waals surface area contributed by atoms with Crippen LogP contribution < -0.4 is 16.0 Å². The summed E-state index contributed by atoms with van der Waals surface area (Å²) in [5.41, 5.74) is 0.796. The lowest BCUT2D eigenvalue weighted by Gasteiger charge is -2.11. The number of anilines is 1. The first kappa shape index (κ1) is 16.0. The Morgan fingerprint density at radius 1 is 1.15 bits per heavy atom. The van der Waals surface area contributed by atoms with Crippen molar-refractivity contribution in [1.82, 2.24) is 10.6 Å². The zero-order chi connectivity index (χ0) is 14.6. The second-order valence-corrected chi connectivity index (χ2v) is 4.47. The Morgan fingerprint density at radius 2 is 1.90 bits per heavy atom. The third-order valence-corrected chi connectivity index (χ3v) is 2.77. The van der Waals surface area contributed by atoms with Gasteiger partial charge in [0.15, 0.2) is 5.96 Å². The highest BCUT2D eigenvalue weighted by Crippen LogP contribution is 2.03. The summed E-state index contributed by atoms with van der Waals surface area (Å²) in [6.45, 7) is 3.23. The number of unbranched alkanes of at least 4 members (excludes halogenated alkanes) is 2. The number of para-hydroxylation sites is 1. The number of carbonyl (C=O) groups excluding carboxylic acids is 1. The molecule has 0 atom stereocenters. The van der Waals surface area contributed by atoms with E-state index in [1.54, 1.807) is 7.05 Å². The van der Waals surface area contributed by atoms with E-state index >= 15 is 0 Å². The van der Waals surface area contributed by atoms with Gasteiger partial charge < -0.3 is 16.0 Å². The van der Waals surface area contributed by atoms with Crippen molar-refractivity contribution < 1.29 is 4.79 Å². The van der Waals surface area contributed by atoms with Gasteiger partial charge in [-0.05, 0) is 18.6 Å². The molecule has 110 valence electrons. The van der Waals surface area contributed by atoms with Crippen LogP contribution in [0.2, 0.25) is 0 Å². The molecular formula is C15H24N4O. The number of rotatable bonds is 7. The molecule has 20 heavy (non-hydrogen) atoms. The monoisotopic (exact) mass is 276 g/mol. The van der Waals surface area contributed by atoms with Crippen molar-refractivity contribution in [2.45, 2.75) is 26.2 Å². The summed E-state index contributed by atoms with van der Waals surface area (Å²) in [6.07, 6.45) is 3.49. The Labute approximate surface area is 120 Å². The lowest BCUT2D eigenvalue weighted by molar-refractivity contribution is -0.115. The molecule has 1 amide bonds. The van der Waals surface area contributed by atoms with Gasteiger partial charge in [0, 0.05) is 19.3 Å². The molecule has 0 spiro atoms. The summed E-state index contributed by atoms with van der Waals surface area (Å²) >= 11 is 0. The van der Waals surface area contributed by atoms with Crippen LogP contribution in [-0.2, 0) is 4.79 Å². The quantitative estimate of drug-likeness (QED) is 0.405. The summed E-state index contributed by atoms with van der Waals surface area (Å²) in [5.74, 6) is 0.567. The average molecular weight is 276 g/mol. The number of carbonyl (C=O) groups is 1. The largest absolute Gasteiger partial charge is 0.356 e. The van der Waals surface area contributed by atoms with Crippen LogP contribution in [0.5, 0.6) is 0 Å². The van der Waals surface area contributed by atoms with Gasteiger partial charge >= 0.3 is 0 Å². The van der Waals surface area contributed by atoms with Crippen LogP contribution in [0, 0.1) is 0 Å². The van der Waals surface area contributed by atoms with Crippen molar-refractivity contribution in [3.05, 3.63) is 30.3 Å². The van der Waals surface area contributed by atoms with Gasteiger partial charge in [0.1, 0.15) is 0 Å². The smallest absolute Gasteiger partial charge is 0.243 e. The lowest BCUT2D eigenvalue weighted by atomic mass is 10.2. The fraction of sp³-hybridized carbons (Fsp3) is 0.467. The summed E-state index contributed by atoms with van der Waals surface area (Å²) in [7, 11) is 1.70. The predicted molar refractivity (Wildman–Crippen MR) is 84.0 cm³/mol. The fourth-order valence-electron chi connectivity index (χ4n) is 1.69. The molecule has 3 N–H and O–H groups in total. The summed E-state index contributed by atoms with van der Waals surface area (Å²) in [6, 6.07) is 9.40. The number of amides is 1. The van der Waals surface area contributed by atoms with Crippen LogP contribution in [0.4, 0.5) is 5.69 Å². The third kappa shape index (κ3) is 6.78. The Hall–Kier alpha value is -2.04. The normalized spacial score (nSPS) is 11.0. The van der Waals surface area contributed by atoms with Gasteiger partial charge in [-0.3, -0.25) is 9.79 Å². The molecule has 0 aliphatic heterocycles. The molecule has 5 heteroatoms. The van der Waals surface area contributed by atoms with Gasteiger partial charge in [0.25, 0.3) is 0 Å². The van der Waals surface area contributed by atoms with E-state index in [-0.39, 0.29) is 12.5 Å². The number of hydrogen-bond acceptors (Lipinski definition) is 2. The Bertz CT molecular complexity index is 417. The number of aliphatic imine (C=N–C) groups is 1. The zero-order valence-electron chi connectivity index (χ0n) is 12.3. The minimum atomic E-state index is -0.0901. The molecule has 0 fully saturated rings. The van der Waals surface area contributed by atoms with E-state index < -0.39 is 0 Å². The van der Waals surface area contributed by atoms with Crippen molar-refractivity contribution >= 4 is 17.6 Å². The lowest BCUT2D eigenvalue weighted by Crippen LogP contribution is -2.41. The summed E-state index contributed by atoms with van der Waals surface area (Å²) < 4.78 is 0.